The number of nitrogens with one attached hydrogen (secondary N) is 1. The van der Waals surface area contributed by atoms with E-state index < -0.39 is 0 Å². The van der Waals surface area contributed by atoms with Crippen molar-refractivity contribution >= 4 is 0 Å². The molecular formula is C13H19FN2. The molecule has 88 valence electrons. The Morgan fingerprint density at radius 1 is 1.56 bits per heavy atom. The van der Waals surface area contributed by atoms with Crippen LogP contribution in [0.2, 0.25) is 0 Å². The van der Waals surface area contributed by atoms with Crippen LogP contribution in [0, 0.1) is 5.82 Å². The Morgan fingerprint density at radius 2 is 2.31 bits per heavy atom. The molecule has 1 heterocycles. The van der Waals surface area contributed by atoms with Gasteiger partial charge in [-0.05, 0) is 43.7 Å². The molecular weight excluding hydrogens is 203 g/mol. The second-order valence-electron chi connectivity index (χ2n) is 4.66. The summed E-state index contributed by atoms with van der Waals surface area (Å²) in [4.78, 5) is 4.21. The minimum Gasteiger partial charge on any atom is -0.309 e. The summed E-state index contributed by atoms with van der Waals surface area (Å²) in [6, 6.07) is 2.06. The lowest BCUT2D eigenvalue weighted by Gasteiger charge is -2.11. The zero-order chi connectivity index (χ0) is 11.5. The second-order valence-corrected chi connectivity index (χ2v) is 4.66. The molecule has 0 spiro atoms. The molecule has 0 aromatic carbocycles. The lowest BCUT2D eigenvalue weighted by atomic mass is 10.1. The summed E-state index contributed by atoms with van der Waals surface area (Å²) in [5, 5.41) is 3.25. The summed E-state index contributed by atoms with van der Waals surface area (Å²) in [6.07, 6.45) is 5.24. The molecule has 1 N–H and O–H groups in total. The summed E-state index contributed by atoms with van der Waals surface area (Å²) >= 11 is 0. The van der Waals surface area contributed by atoms with E-state index in [4.69, 9.17) is 0 Å². The molecule has 0 amide bonds. The number of nitrogens with zero attached hydrogens (tertiary/aromatic N) is 1. The highest BCUT2D eigenvalue weighted by molar-refractivity contribution is 5.23. The van der Waals surface area contributed by atoms with Gasteiger partial charge in [-0.25, -0.2) is 4.39 Å². The van der Waals surface area contributed by atoms with Gasteiger partial charge in [0.25, 0.3) is 0 Å². The van der Waals surface area contributed by atoms with Gasteiger partial charge in [0, 0.05) is 18.8 Å². The van der Waals surface area contributed by atoms with Crippen LogP contribution in [0.4, 0.5) is 4.39 Å². The molecule has 0 bridgehead atoms. The first kappa shape index (κ1) is 11.5. The number of aromatic nitrogens is 1. The highest BCUT2D eigenvalue weighted by Gasteiger charge is 2.24. The first-order valence-electron chi connectivity index (χ1n) is 6.08. The predicted octanol–water partition coefficient (Wildman–Crippen LogP) is 2.99. The molecule has 0 unspecified atom stereocenters. The van der Waals surface area contributed by atoms with Crippen molar-refractivity contribution in [1.82, 2.24) is 10.3 Å². The standard InChI is InChI=1S/C13H19FN2/c1-3-9(2)15-8-13-12(14)6-11(7-16-13)10-4-5-10/h6-7,9-10,15H,3-5,8H2,1-2H3/t9-/m1/s1. The number of rotatable bonds is 5. The van der Waals surface area contributed by atoms with Crippen molar-refractivity contribution in [2.45, 2.75) is 51.6 Å². The monoisotopic (exact) mass is 222 g/mol. The molecule has 1 fully saturated rings. The van der Waals surface area contributed by atoms with Crippen LogP contribution in [-0.4, -0.2) is 11.0 Å². The maximum atomic E-state index is 13.7. The normalized spacial score (nSPS) is 17.4. The molecule has 0 saturated heterocycles. The minimum absolute atomic E-state index is 0.166. The van der Waals surface area contributed by atoms with Crippen LogP contribution in [0.25, 0.3) is 0 Å². The molecule has 0 aliphatic heterocycles. The van der Waals surface area contributed by atoms with Gasteiger partial charge in [0.2, 0.25) is 0 Å². The van der Waals surface area contributed by atoms with Crippen molar-refractivity contribution in [1.29, 1.82) is 0 Å². The summed E-state index contributed by atoms with van der Waals surface area (Å²) in [5.74, 6) is 0.402. The molecule has 2 rings (SSSR count). The number of hydrogen-bond acceptors (Lipinski definition) is 2. The van der Waals surface area contributed by atoms with E-state index in [-0.39, 0.29) is 5.82 Å². The van der Waals surface area contributed by atoms with E-state index in [0.29, 0.717) is 24.2 Å². The Balaban J connectivity index is 1.98. The SMILES string of the molecule is CC[C@@H](C)NCc1ncc(C2CC2)cc1F. The Bertz CT molecular complexity index is 361. The van der Waals surface area contributed by atoms with E-state index in [1.54, 1.807) is 6.07 Å². The van der Waals surface area contributed by atoms with Gasteiger partial charge in [0.05, 0.1) is 5.69 Å². The average Bonchev–Trinajstić information content (AvgIpc) is 3.10. The van der Waals surface area contributed by atoms with Crippen LogP contribution in [0.15, 0.2) is 12.3 Å². The third-order valence-electron chi connectivity index (χ3n) is 3.22. The molecule has 1 aliphatic carbocycles. The van der Waals surface area contributed by atoms with Crippen LogP contribution >= 0.6 is 0 Å². The van der Waals surface area contributed by atoms with Crippen LogP contribution < -0.4 is 5.32 Å². The fourth-order valence-corrected chi connectivity index (χ4v) is 1.67. The van der Waals surface area contributed by atoms with E-state index >= 15 is 0 Å². The van der Waals surface area contributed by atoms with Crippen LogP contribution in [0.1, 0.15) is 50.3 Å². The second kappa shape index (κ2) is 4.91. The maximum absolute atomic E-state index is 13.7. The molecule has 1 atom stereocenters. The number of pyridine rings is 1. The topological polar surface area (TPSA) is 24.9 Å². The van der Waals surface area contributed by atoms with E-state index in [1.807, 2.05) is 6.20 Å². The van der Waals surface area contributed by atoms with E-state index in [2.05, 4.69) is 24.1 Å². The Kier molecular flexibility index (Phi) is 3.54. The third kappa shape index (κ3) is 2.79. The highest BCUT2D eigenvalue weighted by atomic mass is 19.1. The van der Waals surface area contributed by atoms with Gasteiger partial charge in [0.1, 0.15) is 5.82 Å². The maximum Gasteiger partial charge on any atom is 0.146 e. The van der Waals surface area contributed by atoms with Crippen LogP contribution in [-0.2, 0) is 6.54 Å². The number of halogens is 1. The molecule has 16 heavy (non-hydrogen) atoms. The van der Waals surface area contributed by atoms with Gasteiger partial charge < -0.3 is 5.32 Å². The highest BCUT2D eigenvalue weighted by Crippen LogP contribution is 2.39. The van der Waals surface area contributed by atoms with E-state index in [9.17, 15) is 4.39 Å². The van der Waals surface area contributed by atoms with Gasteiger partial charge in [-0.15, -0.1) is 0 Å². The van der Waals surface area contributed by atoms with Crippen molar-refractivity contribution in [2.24, 2.45) is 0 Å². The zero-order valence-corrected chi connectivity index (χ0v) is 9.96. The minimum atomic E-state index is -0.166. The first-order valence-corrected chi connectivity index (χ1v) is 6.08. The Hall–Kier alpha value is -0.960. The van der Waals surface area contributed by atoms with Crippen LogP contribution in [0.5, 0.6) is 0 Å². The van der Waals surface area contributed by atoms with E-state index in [1.165, 1.54) is 12.8 Å². The van der Waals surface area contributed by atoms with Crippen molar-refractivity contribution < 1.29 is 4.39 Å². The molecule has 1 aromatic rings. The summed E-state index contributed by atoms with van der Waals surface area (Å²) in [7, 11) is 0. The first-order chi connectivity index (χ1) is 7.70. The van der Waals surface area contributed by atoms with Gasteiger partial charge in [0.15, 0.2) is 0 Å². The lowest BCUT2D eigenvalue weighted by Crippen LogP contribution is -2.25. The Labute approximate surface area is 96.3 Å². The Morgan fingerprint density at radius 3 is 2.88 bits per heavy atom. The predicted molar refractivity (Wildman–Crippen MR) is 62.8 cm³/mol. The quantitative estimate of drug-likeness (QED) is 0.828. The van der Waals surface area contributed by atoms with Crippen LogP contribution in [0.3, 0.4) is 0 Å². The molecule has 1 aliphatic rings. The largest absolute Gasteiger partial charge is 0.309 e. The number of hydrogen-bond donors (Lipinski definition) is 1. The molecule has 3 heteroatoms. The molecule has 0 radical (unpaired) electrons. The molecule has 2 nitrogen and oxygen atoms in total. The van der Waals surface area contributed by atoms with E-state index in [0.717, 1.165) is 12.0 Å². The third-order valence-corrected chi connectivity index (χ3v) is 3.22. The molecule has 1 aromatic heterocycles. The van der Waals surface area contributed by atoms with Crippen molar-refractivity contribution in [3.63, 3.8) is 0 Å². The average molecular weight is 222 g/mol. The summed E-state index contributed by atoms with van der Waals surface area (Å²) in [6.45, 7) is 4.72. The van der Waals surface area contributed by atoms with Gasteiger partial charge in [-0.3, -0.25) is 4.98 Å². The van der Waals surface area contributed by atoms with Crippen molar-refractivity contribution in [3.8, 4) is 0 Å². The fourth-order valence-electron chi connectivity index (χ4n) is 1.67. The van der Waals surface area contributed by atoms with Gasteiger partial charge >= 0.3 is 0 Å². The molecule has 1 saturated carbocycles. The van der Waals surface area contributed by atoms with Gasteiger partial charge in [-0.1, -0.05) is 6.92 Å². The summed E-state index contributed by atoms with van der Waals surface area (Å²) in [5.41, 5.74) is 1.59. The van der Waals surface area contributed by atoms with Crippen molar-refractivity contribution in [3.05, 3.63) is 29.3 Å². The summed E-state index contributed by atoms with van der Waals surface area (Å²) < 4.78 is 13.7. The smallest absolute Gasteiger partial charge is 0.146 e. The fraction of sp³-hybridized carbons (Fsp3) is 0.615. The zero-order valence-electron chi connectivity index (χ0n) is 9.96. The van der Waals surface area contributed by atoms with Crippen molar-refractivity contribution in [2.75, 3.05) is 0 Å². The van der Waals surface area contributed by atoms with Gasteiger partial charge in [-0.2, -0.15) is 0 Å². The lowest BCUT2D eigenvalue weighted by molar-refractivity contribution is 0.507.